The van der Waals surface area contributed by atoms with Gasteiger partial charge in [-0.25, -0.2) is 0 Å². The smallest absolute Gasteiger partial charge is 0.488 e. The van der Waals surface area contributed by atoms with Crippen molar-refractivity contribution in [3.8, 4) is 5.75 Å². The molecule has 6 heteroatoms. The molecule has 0 unspecified atom stereocenters. The second-order valence-electron chi connectivity index (χ2n) is 4.98. The summed E-state index contributed by atoms with van der Waals surface area (Å²) in [6.45, 7) is 2.51. The van der Waals surface area contributed by atoms with E-state index in [0.717, 1.165) is 24.4 Å². The molecule has 106 valence electrons. The van der Waals surface area contributed by atoms with Crippen LogP contribution in [0.15, 0.2) is 18.2 Å². The Bertz CT molecular complexity index is 399. The lowest BCUT2D eigenvalue weighted by Gasteiger charge is -2.21. The summed E-state index contributed by atoms with van der Waals surface area (Å²) in [6, 6.07) is 5.28. The lowest BCUT2D eigenvalue weighted by molar-refractivity contribution is 0.276. The van der Waals surface area contributed by atoms with Crippen LogP contribution in [-0.4, -0.2) is 68.3 Å². The largest absolute Gasteiger partial charge is 0.497 e. The number of likely N-dealkylation sites (N-methyl/N-ethyl adjacent to an activating group) is 2. The molecule has 0 aromatic heterocycles. The summed E-state index contributed by atoms with van der Waals surface area (Å²) in [6.07, 6.45) is 0. The maximum absolute atomic E-state index is 9.39. The van der Waals surface area contributed by atoms with E-state index in [1.807, 2.05) is 27.2 Å². The number of ether oxygens (including phenoxy) is 1. The van der Waals surface area contributed by atoms with Crippen molar-refractivity contribution in [2.24, 2.45) is 0 Å². The zero-order valence-corrected chi connectivity index (χ0v) is 12.1. The van der Waals surface area contributed by atoms with Gasteiger partial charge < -0.3 is 24.6 Å². The molecule has 0 spiro atoms. The van der Waals surface area contributed by atoms with Crippen molar-refractivity contribution < 1.29 is 14.8 Å². The van der Waals surface area contributed by atoms with E-state index in [1.165, 1.54) is 0 Å². The number of methoxy groups -OCH3 is 1. The van der Waals surface area contributed by atoms with Gasteiger partial charge in [0, 0.05) is 19.6 Å². The predicted octanol–water partition coefficient (Wildman–Crippen LogP) is -0.632. The summed E-state index contributed by atoms with van der Waals surface area (Å²) in [5.41, 5.74) is 1.40. The van der Waals surface area contributed by atoms with E-state index in [4.69, 9.17) is 4.74 Å². The van der Waals surface area contributed by atoms with Crippen LogP contribution in [0.1, 0.15) is 5.56 Å². The van der Waals surface area contributed by atoms with Crippen molar-refractivity contribution in [2.45, 2.75) is 6.54 Å². The van der Waals surface area contributed by atoms with Gasteiger partial charge in [-0.05, 0) is 44.3 Å². The van der Waals surface area contributed by atoms with Gasteiger partial charge in [0.15, 0.2) is 0 Å². The van der Waals surface area contributed by atoms with Gasteiger partial charge in [-0.1, -0.05) is 6.07 Å². The highest BCUT2D eigenvalue weighted by Crippen LogP contribution is 2.13. The van der Waals surface area contributed by atoms with Gasteiger partial charge >= 0.3 is 7.12 Å². The Morgan fingerprint density at radius 3 is 2.37 bits per heavy atom. The topological polar surface area (TPSA) is 56.2 Å². The molecule has 1 aromatic carbocycles. The Labute approximate surface area is 115 Å². The highest BCUT2D eigenvalue weighted by Gasteiger charge is 2.17. The fraction of sp³-hybridized carbons (Fsp3) is 0.538. The second kappa shape index (κ2) is 7.50. The Hall–Kier alpha value is -1.08. The lowest BCUT2D eigenvalue weighted by atomic mass is 9.77. The summed E-state index contributed by atoms with van der Waals surface area (Å²) in [5.74, 6) is 0.723. The zero-order valence-electron chi connectivity index (χ0n) is 12.1. The Kier molecular flexibility index (Phi) is 6.31. The first kappa shape index (κ1) is 16.0. The van der Waals surface area contributed by atoms with Crippen LogP contribution >= 0.6 is 0 Å². The molecule has 0 radical (unpaired) electrons. The molecule has 0 heterocycles. The fourth-order valence-corrected chi connectivity index (χ4v) is 1.84. The molecule has 2 N–H and O–H groups in total. The molecule has 0 aliphatic rings. The monoisotopic (exact) mass is 266 g/mol. The molecular formula is C13H23BN2O3. The zero-order chi connectivity index (χ0) is 14.4. The Morgan fingerprint density at radius 1 is 1.16 bits per heavy atom. The molecule has 1 aromatic rings. The van der Waals surface area contributed by atoms with E-state index < -0.39 is 7.12 Å². The van der Waals surface area contributed by atoms with Crippen LogP contribution in [0.2, 0.25) is 0 Å². The maximum Gasteiger partial charge on any atom is 0.488 e. The van der Waals surface area contributed by atoms with Crippen LogP contribution in [-0.2, 0) is 6.54 Å². The molecule has 5 nitrogen and oxygen atoms in total. The van der Waals surface area contributed by atoms with Crippen molar-refractivity contribution in [1.29, 1.82) is 0 Å². The first-order valence-electron chi connectivity index (χ1n) is 6.30. The average molecular weight is 266 g/mol. The summed E-state index contributed by atoms with van der Waals surface area (Å²) >= 11 is 0. The minimum absolute atomic E-state index is 0.525. The highest BCUT2D eigenvalue weighted by molar-refractivity contribution is 6.59. The third kappa shape index (κ3) is 5.20. The molecule has 0 aliphatic heterocycles. The van der Waals surface area contributed by atoms with Crippen LogP contribution in [0.3, 0.4) is 0 Å². The SMILES string of the molecule is COc1ccc(B(O)O)c(CN(C)CCN(C)C)c1. The van der Waals surface area contributed by atoms with Gasteiger partial charge in [-0.3, -0.25) is 0 Å². The van der Waals surface area contributed by atoms with Crippen molar-refractivity contribution >= 4 is 12.6 Å². The van der Waals surface area contributed by atoms with E-state index in [9.17, 15) is 10.0 Å². The first-order valence-corrected chi connectivity index (χ1v) is 6.30. The van der Waals surface area contributed by atoms with Gasteiger partial charge in [0.05, 0.1) is 7.11 Å². The number of benzene rings is 1. The number of hydrogen-bond acceptors (Lipinski definition) is 5. The number of rotatable bonds is 7. The summed E-state index contributed by atoms with van der Waals surface area (Å²) < 4.78 is 5.18. The molecule has 0 aliphatic carbocycles. The third-order valence-electron chi connectivity index (χ3n) is 3.00. The molecular weight excluding hydrogens is 243 g/mol. The van der Waals surface area contributed by atoms with Gasteiger partial charge in [0.2, 0.25) is 0 Å². The van der Waals surface area contributed by atoms with E-state index in [-0.39, 0.29) is 0 Å². The summed E-state index contributed by atoms with van der Waals surface area (Å²) in [4.78, 5) is 4.25. The van der Waals surface area contributed by atoms with Gasteiger partial charge in [0.25, 0.3) is 0 Å². The van der Waals surface area contributed by atoms with Gasteiger partial charge in [-0.2, -0.15) is 0 Å². The standard InChI is InChI=1S/C13H23BN2O3/c1-15(2)7-8-16(3)10-11-9-12(19-4)5-6-13(11)14(17)18/h5-6,9,17-18H,7-8,10H2,1-4H3. The fourth-order valence-electron chi connectivity index (χ4n) is 1.84. The van der Waals surface area contributed by atoms with E-state index >= 15 is 0 Å². The van der Waals surface area contributed by atoms with E-state index in [1.54, 1.807) is 19.2 Å². The molecule has 0 amide bonds. The number of hydrogen-bond donors (Lipinski definition) is 2. The minimum Gasteiger partial charge on any atom is -0.497 e. The van der Waals surface area contributed by atoms with Gasteiger partial charge in [0.1, 0.15) is 5.75 Å². The molecule has 0 atom stereocenters. The van der Waals surface area contributed by atoms with Crippen molar-refractivity contribution in [3.05, 3.63) is 23.8 Å². The molecule has 0 fully saturated rings. The Morgan fingerprint density at radius 2 is 1.84 bits per heavy atom. The average Bonchev–Trinajstić information content (AvgIpc) is 2.35. The van der Waals surface area contributed by atoms with Crippen LogP contribution in [0, 0.1) is 0 Å². The van der Waals surface area contributed by atoms with Crippen LogP contribution in [0.4, 0.5) is 0 Å². The van der Waals surface area contributed by atoms with E-state index in [0.29, 0.717) is 12.0 Å². The maximum atomic E-state index is 9.39. The third-order valence-corrected chi connectivity index (χ3v) is 3.00. The molecule has 19 heavy (non-hydrogen) atoms. The van der Waals surface area contributed by atoms with Crippen LogP contribution < -0.4 is 10.2 Å². The van der Waals surface area contributed by atoms with Gasteiger partial charge in [-0.15, -0.1) is 0 Å². The van der Waals surface area contributed by atoms with Crippen molar-refractivity contribution in [2.75, 3.05) is 41.3 Å². The molecule has 0 saturated carbocycles. The van der Waals surface area contributed by atoms with Crippen molar-refractivity contribution in [1.82, 2.24) is 9.80 Å². The van der Waals surface area contributed by atoms with Crippen LogP contribution in [0.25, 0.3) is 0 Å². The van der Waals surface area contributed by atoms with Crippen molar-refractivity contribution in [3.63, 3.8) is 0 Å². The van der Waals surface area contributed by atoms with E-state index in [2.05, 4.69) is 9.80 Å². The molecule has 0 saturated heterocycles. The summed E-state index contributed by atoms with van der Waals surface area (Å²) in [7, 11) is 6.22. The Balaban J connectivity index is 2.79. The normalized spacial score (nSPS) is 11.2. The quantitative estimate of drug-likeness (QED) is 0.643. The first-order chi connectivity index (χ1) is 8.93. The minimum atomic E-state index is -1.46. The lowest BCUT2D eigenvalue weighted by Crippen LogP contribution is -2.36. The highest BCUT2D eigenvalue weighted by atomic mass is 16.5. The second-order valence-corrected chi connectivity index (χ2v) is 4.98. The molecule has 1 rings (SSSR count). The summed E-state index contributed by atoms with van der Waals surface area (Å²) in [5, 5.41) is 18.8. The van der Waals surface area contributed by atoms with Crippen LogP contribution in [0.5, 0.6) is 5.75 Å². The number of nitrogens with zero attached hydrogens (tertiary/aromatic N) is 2. The molecule has 0 bridgehead atoms. The predicted molar refractivity (Wildman–Crippen MR) is 77.7 cm³/mol.